The van der Waals surface area contributed by atoms with Crippen molar-refractivity contribution < 1.29 is 9.21 Å². The number of ketones is 1. The SMILES string of the molecule is C=CCn1c(SCC(=O)c2c[nH]c3c(CC)cccc23)nnc1-c1ccoc1C. The number of aryl methyl sites for hydroxylation is 2. The zero-order valence-corrected chi connectivity index (χ0v) is 17.3. The van der Waals surface area contributed by atoms with Crippen molar-refractivity contribution in [3.05, 3.63) is 66.3 Å². The number of furan rings is 1. The van der Waals surface area contributed by atoms with E-state index in [1.54, 1.807) is 18.5 Å². The lowest BCUT2D eigenvalue weighted by atomic mass is 10.1. The van der Waals surface area contributed by atoms with Crippen molar-refractivity contribution >= 4 is 28.4 Å². The summed E-state index contributed by atoms with van der Waals surface area (Å²) >= 11 is 1.38. The van der Waals surface area contributed by atoms with Crippen molar-refractivity contribution in [2.24, 2.45) is 0 Å². The van der Waals surface area contributed by atoms with Crippen LogP contribution < -0.4 is 0 Å². The van der Waals surface area contributed by atoms with Gasteiger partial charge in [0.2, 0.25) is 0 Å². The lowest BCUT2D eigenvalue weighted by Crippen LogP contribution is -2.05. The van der Waals surface area contributed by atoms with Crippen LogP contribution >= 0.6 is 11.8 Å². The third kappa shape index (κ3) is 3.53. The van der Waals surface area contributed by atoms with Crippen LogP contribution in [0.4, 0.5) is 0 Å². The second-order valence-corrected chi connectivity index (χ2v) is 7.65. The van der Waals surface area contributed by atoms with E-state index in [2.05, 4.69) is 34.8 Å². The number of Topliss-reactive ketones (excluding diaryl/α,β-unsaturated/α-hetero) is 1. The predicted octanol–water partition coefficient (Wildman–Crippen LogP) is 5.05. The molecule has 0 aliphatic heterocycles. The number of aromatic nitrogens is 4. The first kappa shape index (κ1) is 19.3. The molecule has 6 nitrogen and oxygen atoms in total. The second-order valence-electron chi connectivity index (χ2n) is 6.70. The summed E-state index contributed by atoms with van der Waals surface area (Å²) in [6.07, 6.45) is 6.15. The number of carbonyl (C=O) groups excluding carboxylic acids is 1. The van der Waals surface area contributed by atoms with Crippen LogP contribution in [0.1, 0.15) is 28.6 Å². The number of hydrogen-bond donors (Lipinski definition) is 1. The fourth-order valence-corrected chi connectivity index (χ4v) is 4.29. The van der Waals surface area contributed by atoms with Crippen LogP contribution in [0.5, 0.6) is 0 Å². The molecule has 0 aliphatic rings. The predicted molar refractivity (Wildman–Crippen MR) is 115 cm³/mol. The van der Waals surface area contributed by atoms with Crippen molar-refractivity contribution in [1.82, 2.24) is 19.7 Å². The highest BCUT2D eigenvalue weighted by atomic mass is 32.2. The van der Waals surface area contributed by atoms with Gasteiger partial charge in [-0.3, -0.25) is 9.36 Å². The molecule has 1 aromatic carbocycles. The smallest absolute Gasteiger partial charge is 0.192 e. The van der Waals surface area contributed by atoms with Gasteiger partial charge >= 0.3 is 0 Å². The highest BCUT2D eigenvalue weighted by molar-refractivity contribution is 7.99. The quantitative estimate of drug-likeness (QED) is 0.252. The number of aromatic amines is 1. The van der Waals surface area contributed by atoms with E-state index in [0.717, 1.165) is 28.6 Å². The van der Waals surface area contributed by atoms with Gasteiger partial charge in [0, 0.05) is 29.2 Å². The van der Waals surface area contributed by atoms with Gasteiger partial charge in [-0.25, -0.2) is 0 Å². The van der Waals surface area contributed by atoms with Gasteiger partial charge in [-0.05, 0) is 25.0 Å². The Morgan fingerprint density at radius 1 is 1.34 bits per heavy atom. The Kier molecular flexibility index (Phi) is 5.40. The molecule has 0 saturated heterocycles. The average Bonchev–Trinajstić information content (AvgIpc) is 3.44. The monoisotopic (exact) mass is 406 g/mol. The summed E-state index contributed by atoms with van der Waals surface area (Å²) in [4.78, 5) is 16.2. The lowest BCUT2D eigenvalue weighted by Gasteiger charge is -2.07. The van der Waals surface area contributed by atoms with Crippen LogP contribution in [0.25, 0.3) is 22.3 Å². The molecule has 0 amide bonds. The molecule has 148 valence electrons. The highest BCUT2D eigenvalue weighted by Gasteiger charge is 2.19. The van der Waals surface area contributed by atoms with E-state index >= 15 is 0 Å². The Bertz CT molecular complexity index is 1180. The van der Waals surface area contributed by atoms with Gasteiger partial charge in [0.05, 0.1) is 17.6 Å². The lowest BCUT2D eigenvalue weighted by molar-refractivity contribution is 0.102. The molecule has 1 N–H and O–H groups in total. The molecule has 0 aliphatic carbocycles. The maximum Gasteiger partial charge on any atom is 0.192 e. The molecule has 4 aromatic rings. The molecule has 0 saturated carbocycles. The Hall–Kier alpha value is -3.06. The van der Waals surface area contributed by atoms with Gasteiger partial charge < -0.3 is 9.40 Å². The van der Waals surface area contributed by atoms with Crippen LogP contribution in [0.15, 0.2) is 59.0 Å². The molecule has 0 atom stereocenters. The summed E-state index contributed by atoms with van der Waals surface area (Å²) < 4.78 is 7.35. The number of hydrogen-bond acceptors (Lipinski definition) is 5. The number of benzene rings is 1. The van der Waals surface area contributed by atoms with Gasteiger partial charge in [0.25, 0.3) is 0 Å². The molecule has 7 heteroatoms. The number of thioether (sulfide) groups is 1. The van der Waals surface area contributed by atoms with Gasteiger partial charge in [0.15, 0.2) is 16.8 Å². The van der Waals surface area contributed by atoms with Crippen LogP contribution in [0, 0.1) is 6.92 Å². The number of allylic oxidation sites excluding steroid dienone is 1. The Balaban J connectivity index is 1.58. The molecule has 29 heavy (non-hydrogen) atoms. The van der Waals surface area contributed by atoms with Crippen LogP contribution in [-0.4, -0.2) is 31.3 Å². The normalized spacial score (nSPS) is 11.2. The first-order valence-corrected chi connectivity index (χ1v) is 10.5. The fraction of sp³-hybridized carbons (Fsp3) is 0.227. The first-order valence-electron chi connectivity index (χ1n) is 9.47. The molecule has 3 heterocycles. The van der Waals surface area contributed by atoms with E-state index < -0.39 is 0 Å². The second kappa shape index (κ2) is 8.13. The standard InChI is InChI=1S/C22H22N4O2S/c1-4-10-26-21(16-9-11-28-14(16)3)24-25-22(26)29-13-19(27)18-12-23-20-15(5-2)7-6-8-17(18)20/h4,6-9,11-12,23H,1,5,10,13H2,2-3H3. The van der Waals surface area contributed by atoms with Gasteiger partial charge in [0.1, 0.15) is 5.76 Å². The van der Waals surface area contributed by atoms with E-state index in [1.165, 1.54) is 17.3 Å². The van der Waals surface area contributed by atoms with Gasteiger partial charge in [-0.15, -0.1) is 16.8 Å². The minimum Gasteiger partial charge on any atom is -0.469 e. The fourth-order valence-electron chi connectivity index (χ4n) is 3.46. The maximum absolute atomic E-state index is 12.9. The number of H-pyrrole nitrogens is 1. The average molecular weight is 407 g/mol. The molecular weight excluding hydrogens is 384 g/mol. The van der Waals surface area contributed by atoms with E-state index in [4.69, 9.17) is 4.42 Å². The highest BCUT2D eigenvalue weighted by Crippen LogP contribution is 2.28. The minimum atomic E-state index is 0.0590. The van der Waals surface area contributed by atoms with Crippen LogP contribution in [0.2, 0.25) is 0 Å². The largest absolute Gasteiger partial charge is 0.469 e. The molecule has 0 radical (unpaired) electrons. The number of carbonyl (C=O) groups is 1. The van der Waals surface area contributed by atoms with E-state index in [1.807, 2.05) is 29.7 Å². The number of nitrogens with one attached hydrogen (secondary N) is 1. The van der Waals surface area contributed by atoms with Crippen molar-refractivity contribution in [3.63, 3.8) is 0 Å². The number of rotatable bonds is 8. The Morgan fingerprint density at radius 2 is 2.21 bits per heavy atom. The van der Waals surface area contributed by atoms with E-state index in [0.29, 0.717) is 23.1 Å². The summed E-state index contributed by atoms with van der Waals surface area (Å²) in [6, 6.07) is 7.94. The Morgan fingerprint density at radius 3 is 2.93 bits per heavy atom. The Labute approximate surface area is 173 Å². The third-order valence-corrected chi connectivity index (χ3v) is 5.91. The molecule has 3 aromatic heterocycles. The van der Waals surface area contributed by atoms with E-state index in [-0.39, 0.29) is 11.5 Å². The minimum absolute atomic E-state index is 0.0590. The number of para-hydroxylation sites is 1. The zero-order chi connectivity index (χ0) is 20.4. The van der Waals surface area contributed by atoms with Crippen LogP contribution in [-0.2, 0) is 13.0 Å². The molecule has 0 bridgehead atoms. The van der Waals surface area contributed by atoms with Crippen LogP contribution in [0.3, 0.4) is 0 Å². The van der Waals surface area contributed by atoms with Crippen molar-refractivity contribution in [2.45, 2.75) is 32.0 Å². The summed E-state index contributed by atoms with van der Waals surface area (Å²) in [7, 11) is 0. The summed E-state index contributed by atoms with van der Waals surface area (Å²) in [5.74, 6) is 1.83. The number of fused-ring (bicyclic) bond motifs is 1. The van der Waals surface area contributed by atoms with Gasteiger partial charge in [-0.2, -0.15) is 0 Å². The van der Waals surface area contributed by atoms with Crippen molar-refractivity contribution in [3.8, 4) is 11.4 Å². The third-order valence-electron chi connectivity index (χ3n) is 4.94. The molecule has 0 unspecified atom stereocenters. The first-order chi connectivity index (χ1) is 14.1. The molecule has 4 rings (SSSR count). The molecule has 0 spiro atoms. The topological polar surface area (TPSA) is 76.7 Å². The van der Waals surface area contributed by atoms with Gasteiger partial charge in [-0.1, -0.05) is 43.0 Å². The molecular formula is C22H22N4O2S. The summed E-state index contributed by atoms with van der Waals surface area (Å²) in [5.41, 5.74) is 3.85. The summed E-state index contributed by atoms with van der Waals surface area (Å²) in [6.45, 7) is 8.38. The zero-order valence-electron chi connectivity index (χ0n) is 16.4. The van der Waals surface area contributed by atoms with E-state index in [9.17, 15) is 4.79 Å². The van der Waals surface area contributed by atoms with Crippen molar-refractivity contribution in [1.29, 1.82) is 0 Å². The molecule has 0 fully saturated rings. The summed E-state index contributed by atoms with van der Waals surface area (Å²) in [5, 5.41) is 10.3. The maximum atomic E-state index is 12.9. The number of nitrogens with zero attached hydrogens (tertiary/aromatic N) is 3. The van der Waals surface area contributed by atoms with Crippen molar-refractivity contribution in [2.75, 3.05) is 5.75 Å².